The van der Waals surface area contributed by atoms with Crippen LogP contribution in [-0.2, 0) is 16.3 Å². The minimum atomic E-state index is -3.31. The van der Waals surface area contributed by atoms with Gasteiger partial charge in [-0.2, -0.15) is 0 Å². The minimum Gasteiger partial charge on any atom is -0.219 e. The number of aryl methyl sites for hydroxylation is 1. The molecular formula is C16H15BrO2S. The molecule has 0 amide bonds. The zero-order chi connectivity index (χ0) is 14.4. The van der Waals surface area contributed by atoms with Gasteiger partial charge in [-0.3, -0.25) is 0 Å². The normalized spacial score (nSPS) is 11.8. The third kappa shape index (κ3) is 4.32. The Balaban J connectivity index is 1.95. The zero-order valence-corrected chi connectivity index (χ0v) is 13.3. The van der Waals surface area contributed by atoms with Crippen LogP contribution in [0.25, 0.3) is 0 Å². The summed E-state index contributed by atoms with van der Waals surface area (Å²) in [5.74, 6) is 0. The predicted molar refractivity (Wildman–Crippen MR) is 85.2 cm³/mol. The van der Waals surface area contributed by atoms with Crippen molar-refractivity contribution in [1.29, 1.82) is 0 Å². The maximum atomic E-state index is 12.0. The first-order valence-corrected chi connectivity index (χ1v) is 8.63. The molecule has 0 saturated heterocycles. The molecule has 2 nitrogen and oxygen atoms in total. The average molecular weight is 351 g/mol. The summed E-state index contributed by atoms with van der Waals surface area (Å²) in [7, 11) is -3.31. The molecular weight excluding hydrogens is 336 g/mol. The van der Waals surface area contributed by atoms with Crippen molar-refractivity contribution in [2.45, 2.75) is 17.7 Å². The van der Waals surface area contributed by atoms with Gasteiger partial charge in [0.15, 0.2) is 9.84 Å². The summed E-state index contributed by atoms with van der Waals surface area (Å²) in [6.07, 6.45) is 3.24. The molecule has 0 spiro atoms. The maximum Gasteiger partial charge on any atom is 0.199 e. The highest BCUT2D eigenvalue weighted by molar-refractivity contribution is 9.10. The molecule has 0 saturated carbocycles. The van der Waals surface area contributed by atoms with Crippen LogP contribution in [0, 0.1) is 0 Å². The highest BCUT2D eigenvalue weighted by atomic mass is 79.9. The molecule has 0 aliphatic rings. The topological polar surface area (TPSA) is 34.1 Å². The van der Waals surface area contributed by atoms with Crippen molar-refractivity contribution in [2.75, 3.05) is 0 Å². The number of rotatable bonds is 5. The first kappa shape index (κ1) is 15.0. The summed E-state index contributed by atoms with van der Waals surface area (Å²) in [6, 6.07) is 16.5. The van der Waals surface area contributed by atoms with Crippen molar-refractivity contribution in [1.82, 2.24) is 0 Å². The molecule has 0 aliphatic carbocycles. The lowest BCUT2D eigenvalue weighted by Crippen LogP contribution is -1.95. The zero-order valence-electron chi connectivity index (χ0n) is 10.9. The number of halogens is 1. The summed E-state index contributed by atoms with van der Waals surface area (Å²) in [5, 5.41) is 1.29. The molecule has 0 bridgehead atoms. The van der Waals surface area contributed by atoms with Gasteiger partial charge in [-0.15, -0.1) is 0 Å². The lowest BCUT2D eigenvalue weighted by atomic mass is 10.1. The largest absolute Gasteiger partial charge is 0.219 e. The standard InChI is InChI=1S/C16H15BrO2S/c17-15-11-9-14(10-12-15)6-4-5-13-20(18,19)16-7-2-1-3-8-16/h1-3,5,7-13H,4,6H2/b13-5+. The Morgan fingerprint density at radius 2 is 1.60 bits per heavy atom. The predicted octanol–water partition coefficient (Wildman–Crippen LogP) is 4.37. The SMILES string of the molecule is O=S(=O)(/C=C/CCc1ccc(Br)cc1)c1ccccc1. The van der Waals surface area contributed by atoms with Gasteiger partial charge in [0.1, 0.15) is 0 Å². The van der Waals surface area contributed by atoms with E-state index in [0.29, 0.717) is 11.3 Å². The maximum absolute atomic E-state index is 12.0. The summed E-state index contributed by atoms with van der Waals surface area (Å²) in [4.78, 5) is 0.333. The van der Waals surface area contributed by atoms with Gasteiger partial charge >= 0.3 is 0 Å². The van der Waals surface area contributed by atoms with Gasteiger partial charge in [0.2, 0.25) is 0 Å². The van der Waals surface area contributed by atoms with Gasteiger partial charge in [-0.05, 0) is 42.7 Å². The number of sulfone groups is 1. The first-order valence-electron chi connectivity index (χ1n) is 6.29. The fourth-order valence-electron chi connectivity index (χ4n) is 1.78. The minimum absolute atomic E-state index is 0.333. The molecule has 4 heteroatoms. The van der Waals surface area contributed by atoms with E-state index in [4.69, 9.17) is 0 Å². The number of benzene rings is 2. The number of hydrogen-bond donors (Lipinski definition) is 0. The highest BCUT2D eigenvalue weighted by Crippen LogP contribution is 2.14. The van der Waals surface area contributed by atoms with Crippen molar-refractivity contribution in [3.05, 3.63) is 76.1 Å². The van der Waals surface area contributed by atoms with Gasteiger partial charge in [-0.25, -0.2) is 8.42 Å². The summed E-state index contributed by atoms with van der Waals surface area (Å²) >= 11 is 3.39. The molecule has 0 atom stereocenters. The molecule has 0 aromatic heterocycles. The number of hydrogen-bond acceptors (Lipinski definition) is 2. The second-order valence-electron chi connectivity index (χ2n) is 4.39. The van der Waals surface area contributed by atoms with Crippen molar-refractivity contribution in [2.24, 2.45) is 0 Å². The third-order valence-corrected chi connectivity index (χ3v) is 4.87. The lowest BCUT2D eigenvalue weighted by molar-refractivity contribution is 0.604. The summed E-state index contributed by atoms with van der Waals surface area (Å²) < 4.78 is 25.0. The van der Waals surface area contributed by atoms with E-state index >= 15 is 0 Å². The Morgan fingerprint density at radius 3 is 2.25 bits per heavy atom. The average Bonchev–Trinajstić information content (AvgIpc) is 2.46. The van der Waals surface area contributed by atoms with Gasteiger partial charge < -0.3 is 0 Å². The van der Waals surface area contributed by atoms with E-state index in [-0.39, 0.29) is 0 Å². The van der Waals surface area contributed by atoms with Crippen LogP contribution in [-0.4, -0.2) is 8.42 Å². The summed E-state index contributed by atoms with van der Waals surface area (Å²) in [5.41, 5.74) is 1.19. The third-order valence-electron chi connectivity index (χ3n) is 2.86. The van der Waals surface area contributed by atoms with E-state index in [2.05, 4.69) is 15.9 Å². The Labute approximate surface area is 128 Å². The highest BCUT2D eigenvalue weighted by Gasteiger charge is 2.08. The Kier molecular flexibility index (Phi) is 5.15. The fraction of sp³-hybridized carbons (Fsp3) is 0.125. The van der Waals surface area contributed by atoms with Crippen LogP contribution in [0.2, 0.25) is 0 Å². The smallest absolute Gasteiger partial charge is 0.199 e. The monoisotopic (exact) mass is 350 g/mol. The fourth-order valence-corrected chi connectivity index (χ4v) is 3.13. The Hall–Kier alpha value is -1.39. The van der Waals surface area contributed by atoms with Crippen LogP contribution < -0.4 is 0 Å². The van der Waals surface area contributed by atoms with Crippen LogP contribution in [0.5, 0.6) is 0 Å². The molecule has 2 aromatic rings. The Bertz CT molecular complexity index is 674. The van der Waals surface area contributed by atoms with Crippen molar-refractivity contribution in [3.8, 4) is 0 Å². The van der Waals surface area contributed by atoms with Crippen molar-refractivity contribution < 1.29 is 8.42 Å². The number of allylic oxidation sites excluding steroid dienone is 1. The van der Waals surface area contributed by atoms with E-state index in [0.717, 1.165) is 10.9 Å². The second-order valence-corrected chi connectivity index (χ2v) is 7.14. The summed E-state index contributed by atoms with van der Waals surface area (Å²) in [6.45, 7) is 0. The van der Waals surface area contributed by atoms with Crippen molar-refractivity contribution >= 4 is 25.8 Å². The van der Waals surface area contributed by atoms with Crippen LogP contribution in [0.1, 0.15) is 12.0 Å². The van der Waals surface area contributed by atoms with Crippen molar-refractivity contribution in [3.63, 3.8) is 0 Å². The van der Waals surface area contributed by atoms with Crippen LogP contribution in [0.15, 0.2) is 75.4 Å². The van der Waals surface area contributed by atoms with E-state index in [1.807, 2.05) is 24.3 Å². The molecule has 0 unspecified atom stereocenters. The second kappa shape index (κ2) is 6.86. The Morgan fingerprint density at radius 1 is 0.950 bits per heavy atom. The van der Waals surface area contributed by atoms with E-state index in [1.54, 1.807) is 36.4 Å². The molecule has 20 heavy (non-hydrogen) atoms. The lowest BCUT2D eigenvalue weighted by Gasteiger charge is -1.99. The molecule has 0 fully saturated rings. The molecule has 2 rings (SSSR count). The van der Waals surface area contributed by atoms with Gasteiger partial charge in [-0.1, -0.05) is 52.3 Å². The first-order chi connectivity index (χ1) is 9.58. The van der Waals surface area contributed by atoms with Crippen LogP contribution in [0.3, 0.4) is 0 Å². The quantitative estimate of drug-likeness (QED) is 0.802. The molecule has 0 aliphatic heterocycles. The van der Waals surface area contributed by atoms with Gasteiger partial charge in [0.05, 0.1) is 4.90 Å². The van der Waals surface area contributed by atoms with Gasteiger partial charge in [0.25, 0.3) is 0 Å². The van der Waals surface area contributed by atoms with Crippen LogP contribution >= 0.6 is 15.9 Å². The molecule has 0 heterocycles. The molecule has 2 aromatic carbocycles. The van der Waals surface area contributed by atoms with E-state index in [1.165, 1.54) is 11.0 Å². The molecule has 104 valence electrons. The van der Waals surface area contributed by atoms with Crippen LogP contribution in [0.4, 0.5) is 0 Å². The van der Waals surface area contributed by atoms with E-state index in [9.17, 15) is 8.42 Å². The van der Waals surface area contributed by atoms with E-state index < -0.39 is 9.84 Å². The molecule has 0 N–H and O–H groups in total. The van der Waals surface area contributed by atoms with Gasteiger partial charge in [0, 0.05) is 9.88 Å². The molecule has 0 radical (unpaired) electrons.